The molecule has 0 bridgehead atoms. The van der Waals surface area contributed by atoms with E-state index >= 15 is 0 Å². The Morgan fingerprint density at radius 2 is 1.88 bits per heavy atom. The Balaban J connectivity index is 2.50. The first-order valence-electron chi connectivity index (χ1n) is 6.81. The number of ether oxygens (including phenoxy) is 2. The van der Waals surface area contributed by atoms with Crippen LogP contribution in [0, 0.1) is 5.92 Å². The zero-order valence-electron chi connectivity index (χ0n) is 12.7. The largest absolute Gasteiger partial charge is 0.478 e. The van der Waals surface area contributed by atoms with E-state index in [-0.39, 0.29) is 18.6 Å². The van der Waals surface area contributed by atoms with Crippen LogP contribution < -0.4 is 4.74 Å². The lowest BCUT2D eigenvalue weighted by Gasteiger charge is -2.11. The topological polar surface area (TPSA) is 107 Å². The number of esters is 2. The van der Waals surface area contributed by atoms with E-state index in [1.54, 1.807) is 24.3 Å². The predicted molar refractivity (Wildman–Crippen MR) is 86.3 cm³/mol. The first-order chi connectivity index (χ1) is 11.3. The van der Waals surface area contributed by atoms with Crippen molar-refractivity contribution in [2.24, 2.45) is 5.92 Å². The number of carbonyl (C=O) groups excluding carboxylic acids is 3. The number of carboxylic acid groups (broad SMARTS) is 1. The van der Waals surface area contributed by atoms with Gasteiger partial charge in [0.25, 0.3) is 0 Å². The van der Waals surface area contributed by atoms with Gasteiger partial charge in [-0.2, -0.15) is 0 Å². The molecule has 0 aromatic heterocycles. The SMILES string of the molecule is C/C(=C\C(=O)O)C(=O)OCC(C=O)CC(=O)Oc1ccc(Br)cc1. The van der Waals surface area contributed by atoms with Gasteiger partial charge in [-0.3, -0.25) is 4.79 Å². The van der Waals surface area contributed by atoms with E-state index in [4.69, 9.17) is 14.6 Å². The van der Waals surface area contributed by atoms with Gasteiger partial charge in [0.1, 0.15) is 18.6 Å². The second kappa shape index (κ2) is 9.61. The van der Waals surface area contributed by atoms with Crippen molar-refractivity contribution in [1.82, 2.24) is 0 Å². The average Bonchev–Trinajstić information content (AvgIpc) is 2.52. The molecular weight excluding hydrogens is 384 g/mol. The Morgan fingerprint density at radius 3 is 2.42 bits per heavy atom. The maximum absolute atomic E-state index is 11.8. The van der Waals surface area contributed by atoms with Gasteiger partial charge in [0.05, 0.1) is 12.3 Å². The lowest BCUT2D eigenvalue weighted by atomic mass is 10.1. The van der Waals surface area contributed by atoms with Gasteiger partial charge < -0.3 is 19.4 Å². The van der Waals surface area contributed by atoms with Gasteiger partial charge in [-0.15, -0.1) is 0 Å². The molecular formula is C16H15BrO7. The molecule has 0 heterocycles. The average molecular weight is 399 g/mol. The lowest BCUT2D eigenvalue weighted by molar-refractivity contribution is -0.144. The van der Waals surface area contributed by atoms with Gasteiger partial charge in [0.2, 0.25) is 0 Å². The lowest BCUT2D eigenvalue weighted by Crippen LogP contribution is -2.21. The van der Waals surface area contributed by atoms with Gasteiger partial charge in [-0.25, -0.2) is 9.59 Å². The molecule has 7 nitrogen and oxygen atoms in total. The molecule has 0 aliphatic rings. The number of hydrogen-bond acceptors (Lipinski definition) is 6. The quantitative estimate of drug-likeness (QED) is 0.309. The summed E-state index contributed by atoms with van der Waals surface area (Å²) < 4.78 is 10.7. The van der Waals surface area contributed by atoms with Crippen molar-refractivity contribution in [3.05, 3.63) is 40.4 Å². The van der Waals surface area contributed by atoms with E-state index in [1.807, 2.05) is 0 Å². The minimum atomic E-state index is -1.28. The molecule has 1 rings (SSSR count). The molecule has 1 aromatic rings. The van der Waals surface area contributed by atoms with E-state index in [1.165, 1.54) is 6.92 Å². The van der Waals surface area contributed by atoms with Crippen LogP contribution in [0.3, 0.4) is 0 Å². The zero-order chi connectivity index (χ0) is 18.1. The Morgan fingerprint density at radius 1 is 1.25 bits per heavy atom. The van der Waals surface area contributed by atoms with Crippen LogP contribution in [0.5, 0.6) is 5.75 Å². The summed E-state index contributed by atoms with van der Waals surface area (Å²) >= 11 is 3.25. The maximum Gasteiger partial charge on any atom is 0.333 e. The van der Waals surface area contributed by atoms with Crippen LogP contribution in [0.2, 0.25) is 0 Å². The normalized spacial score (nSPS) is 12.2. The van der Waals surface area contributed by atoms with Gasteiger partial charge in [0.15, 0.2) is 0 Å². The highest BCUT2D eigenvalue weighted by Gasteiger charge is 2.18. The Labute approximate surface area is 146 Å². The molecule has 0 fully saturated rings. The summed E-state index contributed by atoms with van der Waals surface area (Å²) in [5.41, 5.74) is -0.121. The first kappa shape index (κ1) is 19.6. The number of rotatable bonds is 8. The number of halogens is 1. The molecule has 0 aliphatic carbocycles. The summed E-state index contributed by atoms with van der Waals surface area (Å²) in [4.78, 5) is 44.7. The van der Waals surface area contributed by atoms with Gasteiger partial charge in [-0.1, -0.05) is 15.9 Å². The molecule has 8 heteroatoms. The highest BCUT2D eigenvalue weighted by atomic mass is 79.9. The molecule has 1 atom stereocenters. The summed E-state index contributed by atoms with van der Waals surface area (Å²) in [6.07, 6.45) is 0.904. The van der Waals surface area contributed by atoms with Crippen LogP contribution in [0.1, 0.15) is 13.3 Å². The third-order valence-electron chi connectivity index (χ3n) is 2.76. The zero-order valence-corrected chi connectivity index (χ0v) is 14.3. The predicted octanol–water partition coefficient (Wildman–Crippen LogP) is 2.13. The number of carbonyl (C=O) groups is 4. The van der Waals surface area contributed by atoms with Crippen molar-refractivity contribution in [1.29, 1.82) is 0 Å². The first-order valence-corrected chi connectivity index (χ1v) is 7.61. The fourth-order valence-electron chi connectivity index (χ4n) is 1.58. The van der Waals surface area contributed by atoms with Crippen molar-refractivity contribution < 1.29 is 33.8 Å². The standard InChI is InChI=1S/C16H15BrO7/c1-10(6-14(19)20)16(22)23-9-11(8-18)7-15(21)24-13-4-2-12(17)3-5-13/h2-6,8,11H,7,9H2,1H3,(H,19,20)/b10-6+. The van der Waals surface area contributed by atoms with Gasteiger partial charge in [0, 0.05) is 16.1 Å². The second-order valence-electron chi connectivity index (χ2n) is 4.79. The van der Waals surface area contributed by atoms with Crippen LogP contribution >= 0.6 is 15.9 Å². The van der Waals surface area contributed by atoms with Crippen molar-refractivity contribution in [3.8, 4) is 5.75 Å². The molecule has 0 radical (unpaired) electrons. The number of aliphatic carboxylic acids is 1. The maximum atomic E-state index is 11.8. The van der Waals surface area contributed by atoms with Crippen molar-refractivity contribution in [2.75, 3.05) is 6.61 Å². The number of hydrogen-bond donors (Lipinski definition) is 1. The van der Waals surface area contributed by atoms with E-state index < -0.39 is 23.8 Å². The van der Waals surface area contributed by atoms with Crippen LogP contribution in [-0.2, 0) is 23.9 Å². The molecule has 1 unspecified atom stereocenters. The van der Waals surface area contributed by atoms with Crippen molar-refractivity contribution in [3.63, 3.8) is 0 Å². The molecule has 0 saturated heterocycles. The molecule has 0 spiro atoms. The molecule has 0 aliphatic heterocycles. The molecule has 0 saturated carbocycles. The molecule has 128 valence electrons. The molecule has 0 amide bonds. The van der Waals surface area contributed by atoms with Crippen LogP contribution in [-0.4, -0.2) is 35.9 Å². The Hall–Kier alpha value is -2.48. The second-order valence-corrected chi connectivity index (χ2v) is 5.71. The van der Waals surface area contributed by atoms with E-state index in [9.17, 15) is 19.2 Å². The number of aldehydes is 1. The van der Waals surface area contributed by atoms with Gasteiger partial charge >= 0.3 is 17.9 Å². The van der Waals surface area contributed by atoms with Gasteiger partial charge in [-0.05, 0) is 31.2 Å². The summed E-state index contributed by atoms with van der Waals surface area (Å²) in [7, 11) is 0. The minimum absolute atomic E-state index is 0.121. The fraction of sp³-hybridized carbons (Fsp3) is 0.250. The molecule has 24 heavy (non-hydrogen) atoms. The highest BCUT2D eigenvalue weighted by Crippen LogP contribution is 2.17. The molecule has 1 aromatic carbocycles. The minimum Gasteiger partial charge on any atom is -0.478 e. The number of benzene rings is 1. The summed E-state index contributed by atoms with van der Waals surface area (Å²) in [5, 5.41) is 8.53. The molecule has 1 N–H and O–H groups in total. The Kier molecular flexibility index (Phi) is 7.84. The van der Waals surface area contributed by atoms with E-state index in [2.05, 4.69) is 15.9 Å². The fourth-order valence-corrected chi connectivity index (χ4v) is 1.84. The van der Waals surface area contributed by atoms with Crippen molar-refractivity contribution >= 4 is 40.1 Å². The van der Waals surface area contributed by atoms with E-state index in [0.717, 1.165) is 4.47 Å². The Bertz CT molecular complexity index is 649. The highest BCUT2D eigenvalue weighted by molar-refractivity contribution is 9.10. The number of carboxylic acids is 1. The third-order valence-corrected chi connectivity index (χ3v) is 3.29. The summed E-state index contributed by atoms with van der Waals surface area (Å²) in [6, 6.07) is 6.55. The van der Waals surface area contributed by atoms with Crippen LogP contribution in [0.25, 0.3) is 0 Å². The smallest absolute Gasteiger partial charge is 0.333 e. The van der Waals surface area contributed by atoms with Crippen molar-refractivity contribution in [2.45, 2.75) is 13.3 Å². The van der Waals surface area contributed by atoms with Crippen LogP contribution in [0.15, 0.2) is 40.4 Å². The van der Waals surface area contributed by atoms with E-state index in [0.29, 0.717) is 18.1 Å². The summed E-state index contributed by atoms with van der Waals surface area (Å²) in [6.45, 7) is 0.927. The monoisotopic (exact) mass is 398 g/mol. The summed E-state index contributed by atoms with van der Waals surface area (Å²) in [5.74, 6) is -3.36. The third kappa shape index (κ3) is 7.19. The van der Waals surface area contributed by atoms with Crippen LogP contribution in [0.4, 0.5) is 0 Å².